The van der Waals surface area contributed by atoms with E-state index in [2.05, 4.69) is 4.90 Å². The normalized spacial score (nSPS) is 22.5. The van der Waals surface area contributed by atoms with Gasteiger partial charge in [-0.3, -0.25) is 0 Å². The molecule has 1 aromatic rings. The Morgan fingerprint density at radius 3 is 2.60 bits per heavy atom. The number of nitrogens with zero attached hydrogens (tertiary/aromatic N) is 1. The molecule has 1 aromatic carbocycles. The molecule has 1 aliphatic heterocycles. The lowest BCUT2D eigenvalue weighted by Gasteiger charge is -2.39. The van der Waals surface area contributed by atoms with Gasteiger partial charge >= 0.3 is 0 Å². The molecule has 106 valence electrons. The maximum absolute atomic E-state index is 9.73. The van der Waals surface area contributed by atoms with Crippen LogP contribution in [0.3, 0.4) is 0 Å². The van der Waals surface area contributed by atoms with Crippen LogP contribution in [0.1, 0.15) is 24.8 Å². The van der Waals surface area contributed by atoms with Crippen LogP contribution in [0, 0.1) is 5.92 Å². The molecule has 1 heterocycles. The minimum absolute atomic E-state index is 0.00569. The van der Waals surface area contributed by atoms with Gasteiger partial charge in [0.05, 0.1) is 0 Å². The van der Waals surface area contributed by atoms with Crippen LogP contribution < -0.4 is 0 Å². The molecule has 0 spiro atoms. The Hall–Kier alpha value is -2.10. The Morgan fingerprint density at radius 2 is 1.85 bits per heavy atom. The number of hydrogen-bond acceptors (Lipinski definition) is 4. The zero-order chi connectivity index (χ0) is 14.1. The molecule has 0 unspecified atom stereocenters. The number of allylic oxidation sites excluding steroid dienone is 3. The van der Waals surface area contributed by atoms with Gasteiger partial charge < -0.3 is 20.2 Å². The summed E-state index contributed by atoms with van der Waals surface area (Å²) in [6.07, 6.45) is 4.37. The number of aliphatic hydroxyl groups is 2. The number of piperidine rings is 1. The summed E-state index contributed by atoms with van der Waals surface area (Å²) in [5.41, 5.74) is 2.24. The first-order valence-electron chi connectivity index (χ1n) is 6.99. The molecule has 3 N–H and O–H groups in total. The SMILES string of the molecule is OC1=C(O)C[C@H]2CCCN(Cc3ccc(O)cc3)C2=C1. The van der Waals surface area contributed by atoms with Crippen molar-refractivity contribution in [3.05, 3.63) is 53.1 Å². The summed E-state index contributed by atoms with van der Waals surface area (Å²) in [5, 5.41) is 28.7. The quantitative estimate of drug-likeness (QED) is 0.774. The minimum atomic E-state index is -0.00569. The van der Waals surface area contributed by atoms with Crippen LogP contribution in [-0.2, 0) is 6.54 Å². The summed E-state index contributed by atoms with van der Waals surface area (Å²) >= 11 is 0. The van der Waals surface area contributed by atoms with Gasteiger partial charge in [-0.2, -0.15) is 0 Å². The number of likely N-dealkylation sites (tertiary alicyclic amines) is 1. The lowest BCUT2D eigenvalue weighted by atomic mass is 9.86. The van der Waals surface area contributed by atoms with E-state index in [0.717, 1.165) is 37.2 Å². The third-order valence-corrected chi connectivity index (χ3v) is 4.09. The second kappa shape index (κ2) is 5.12. The first-order chi connectivity index (χ1) is 9.63. The zero-order valence-corrected chi connectivity index (χ0v) is 11.3. The summed E-state index contributed by atoms with van der Waals surface area (Å²) < 4.78 is 0. The largest absolute Gasteiger partial charge is 0.508 e. The molecule has 1 fully saturated rings. The highest BCUT2D eigenvalue weighted by Crippen LogP contribution is 2.36. The molecular weight excluding hydrogens is 254 g/mol. The molecule has 0 amide bonds. The predicted molar refractivity (Wildman–Crippen MR) is 76.2 cm³/mol. The molecule has 1 atom stereocenters. The standard InChI is InChI=1S/C16H19NO3/c18-13-5-3-11(4-6-13)10-17-7-1-2-12-8-15(19)16(20)9-14(12)17/h3-6,9,12,18-20H,1-2,7-8,10H2/t12-/m1/s1. The molecule has 1 saturated heterocycles. The first-order valence-corrected chi connectivity index (χ1v) is 6.99. The van der Waals surface area contributed by atoms with E-state index in [0.29, 0.717) is 12.3 Å². The Morgan fingerprint density at radius 1 is 1.10 bits per heavy atom. The van der Waals surface area contributed by atoms with Crippen molar-refractivity contribution in [3.63, 3.8) is 0 Å². The molecule has 20 heavy (non-hydrogen) atoms. The van der Waals surface area contributed by atoms with E-state index >= 15 is 0 Å². The van der Waals surface area contributed by atoms with Crippen LogP contribution in [0.25, 0.3) is 0 Å². The van der Waals surface area contributed by atoms with Crippen molar-refractivity contribution in [2.75, 3.05) is 6.54 Å². The average molecular weight is 273 g/mol. The molecule has 0 aromatic heterocycles. The van der Waals surface area contributed by atoms with Gasteiger partial charge in [0.15, 0.2) is 5.76 Å². The van der Waals surface area contributed by atoms with Crippen LogP contribution in [0.15, 0.2) is 47.6 Å². The van der Waals surface area contributed by atoms with Gasteiger partial charge in [0.25, 0.3) is 0 Å². The summed E-state index contributed by atoms with van der Waals surface area (Å²) in [6.45, 7) is 1.72. The molecule has 3 rings (SSSR count). The summed E-state index contributed by atoms with van der Waals surface area (Å²) in [5.74, 6) is 0.670. The topological polar surface area (TPSA) is 63.9 Å². The highest BCUT2D eigenvalue weighted by molar-refractivity contribution is 5.30. The molecule has 2 aliphatic rings. The Labute approximate surface area is 118 Å². The van der Waals surface area contributed by atoms with Crippen molar-refractivity contribution in [3.8, 4) is 5.75 Å². The number of phenolic OH excluding ortho intramolecular Hbond substituents is 1. The van der Waals surface area contributed by atoms with E-state index in [1.54, 1.807) is 18.2 Å². The van der Waals surface area contributed by atoms with Gasteiger partial charge in [0.1, 0.15) is 11.5 Å². The van der Waals surface area contributed by atoms with Gasteiger partial charge in [-0.15, -0.1) is 0 Å². The van der Waals surface area contributed by atoms with Crippen molar-refractivity contribution >= 4 is 0 Å². The second-order valence-electron chi connectivity index (χ2n) is 5.53. The van der Waals surface area contributed by atoms with Crippen LogP contribution >= 0.6 is 0 Å². The average Bonchev–Trinajstić information content (AvgIpc) is 2.43. The number of aromatic hydroxyl groups is 1. The van der Waals surface area contributed by atoms with E-state index in [9.17, 15) is 15.3 Å². The maximum Gasteiger partial charge on any atom is 0.154 e. The van der Waals surface area contributed by atoms with Crippen molar-refractivity contribution < 1.29 is 15.3 Å². The molecule has 0 radical (unpaired) electrons. The van der Waals surface area contributed by atoms with E-state index in [1.807, 2.05) is 12.1 Å². The Balaban J connectivity index is 1.82. The van der Waals surface area contributed by atoms with Gasteiger partial charge in [0.2, 0.25) is 0 Å². The third kappa shape index (κ3) is 2.46. The van der Waals surface area contributed by atoms with Gasteiger partial charge in [-0.05, 0) is 30.5 Å². The van der Waals surface area contributed by atoms with E-state index in [-0.39, 0.29) is 17.3 Å². The van der Waals surface area contributed by atoms with Crippen molar-refractivity contribution in [1.29, 1.82) is 0 Å². The van der Waals surface area contributed by atoms with Crippen molar-refractivity contribution in [2.45, 2.75) is 25.8 Å². The summed E-state index contributed by atoms with van der Waals surface area (Å²) in [7, 11) is 0. The molecule has 4 heteroatoms. The third-order valence-electron chi connectivity index (χ3n) is 4.09. The lowest BCUT2D eigenvalue weighted by molar-refractivity contribution is 0.202. The molecule has 0 bridgehead atoms. The lowest BCUT2D eigenvalue weighted by Crippen LogP contribution is -2.34. The van der Waals surface area contributed by atoms with Crippen LogP contribution in [0.5, 0.6) is 5.75 Å². The van der Waals surface area contributed by atoms with Crippen LogP contribution in [-0.4, -0.2) is 26.8 Å². The van der Waals surface area contributed by atoms with Crippen molar-refractivity contribution in [1.82, 2.24) is 4.90 Å². The van der Waals surface area contributed by atoms with Crippen LogP contribution in [0.2, 0.25) is 0 Å². The number of fused-ring (bicyclic) bond motifs is 1. The van der Waals surface area contributed by atoms with E-state index in [4.69, 9.17) is 0 Å². The summed E-state index contributed by atoms with van der Waals surface area (Å²) in [6, 6.07) is 7.20. The van der Waals surface area contributed by atoms with Crippen molar-refractivity contribution in [2.24, 2.45) is 5.92 Å². The second-order valence-corrected chi connectivity index (χ2v) is 5.53. The van der Waals surface area contributed by atoms with Crippen LogP contribution in [0.4, 0.5) is 0 Å². The van der Waals surface area contributed by atoms with Gasteiger partial charge in [0, 0.05) is 37.2 Å². The Kier molecular flexibility index (Phi) is 3.30. The summed E-state index contributed by atoms with van der Waals surface area (Å²) in [4.78, 5) is 2.25. The fourth-order valence-electron chi connectivity index (χ4n) is 3.03. The van der Waals surface area contributed by atoms with Gasteiger partial charge in [-0.25, -0.2) is 0 Å². The number of hydrogen-bond donors (Lipinski definition) is 3. The molecule has 4 nitrogen and oxygen atoms in total. The first kappa shape index (κ1) is 12.9. The highest BCUT2D eigenvalue weighted by Gasteiger charge is 2.30. The zero-order valence-electron chi connectivity index (χ0n) is 11.3. The molecule has 0 saturated carbocycles. The van der Waals surface area contributed by atoms with E-state index < -0.39 is 0 Å². The smallest absolute Gasteiger partial charge is 0.154 e. The minimum Gasteiger partial charge on any atom is -0.508 e. The highest BCUT2D eigenvalue weighted by atomic mass is 16.3. The predicted octanol–water partition coefficient (Wildman–Crippen LogP) is 3.22. The molecule has 1 aliphatic carbocycles. The number of phenols is 1. The fourth-order valence-corrected chi connectivity index (χ4v) is 3.03. The number of benzene rings is 1. The maximum atomic E-state index is 9.73. The monoisotopic (exact) mass is 273 g/mol. The molecular formula is C16H19NO3. The number of aliphatic hydroxyl groups excluding tert-OH is 2. The van der Waals surface area contributed by atoms with Gasteiger partial charge in [-0.1, -0.05) is 12.1 Å². The number of rotatable bonds is 2. The van der Waals surface area contributed by atoms with E-state index in [1.165, 1.54) is 0 Å². The Bertz CT molecular complexity index is 560. The fraction of sp³-hybridized carbons (Fsp3) is 0.375.